The van der Waals surface area contributed by atoms with Crippen LogP contribution < -0.4 is 16.1 Å². The quantitative estimate of drug-likeness (QED) is 0.501. The van der Waals surface area contributed by atoms with Crippen LogP contribution in [0.2, 0.25) is 0 Å². The molecule has 11 nitrogen and oxygen atoms in total. The molecule has 0 saturated carbocycles. The first-order valence-electron chi connectivity index (χ1n) is 8.17. The van der Waals surface area contributed by atoms with E-state index in [0.29, 0.717) is 42.4 Å². The molecule has 3 aromatic rings. The number of rotatable bonds is 3. The lowest BCUT2D eigenvalue weighted by molar-refractivity contribution is 0.0916. The third-order valence-electron chi connectivity index (χ3n) is 4.72. The first-order valence-corrected chi connectivity index (χ1v) is 8.17. The SMILES string of the molecule is Cn1c(N2CCn3nc([C@H](O)CO)cc3C2)nc2c1c(=O)[nH]c(=O)n2C. The summed E-state index contributed by atoms with van der Waals surface area (Å²) in [4.78, 5) is 32.7. The third kappa shape index (κ3) is 2.35. The van der Waals surface area contributed by atoms with Gasteiger partial charge >= 0.3 is 5.69 Å². The van der Waals surface area contributed by atoms with E-state index >= 15 is 0 Å². The average molecular weight is 361 g/mol. The van der Waals surface area contributed by atoms with Crippen LogP contribution in [0.3, 0.4) is 0 Å². The number of aromatic nitrogens is 6. The van der Waals surface area contributed by atoms with Gasteiger partial charge in [-0.2, -0.15) is 10.1 Å². The number of aliphatic hydroxyl groups excluding tert-OH is 2. The van der Waals surface area contributed by atoms with Crippen molar-refractivity contribution in [1.82, 2.24) is 28.9 Å². The number of hydrogen-bond donors (Lipinski definition) is 3. The number of hydrogen-bond acceptors (Lipinski definition) is 7. The molecule has 3 N–H and O–H groups in total. The molecule has 0 saturated heterocycles. The van der Waals surface area contributed by atoms with Crippen LogP contribution in [0.5, 0.6) is 0 Å². The molecule has 26 heavy (non-hydrogen) atoms. The van der Waals surface area contributed by atoms with Crippen molar-refractivity contribution in [2.24, 2.45) is 14.1 Å². The molecule has 138 valence electrons. The van der Waals surface area contributed by atoms with Crippen LogP contribution in [-0.4, -0.2) is 52.2 Å². The van der Waals surface area contributed by atoms with E-state index in [1.807, 2.05) is 4.90 Å². The van der Waals surface area contributed by atoms with Crippen LogP contribution >= 0.6 is 0 Å². The zero-order chi connectivity index (χ0) is 18.6. The highest BCUT2D eigenvalue weighted by molar-refractivity contribution is 5.74. The number of nitrogens with one attached hydrogen (secondary N) is 1. The van der Waals surface area contributed by atoms with Crippen LogP contribution in [0.15, 0.2) is 15.7 Å². The van der Waals surface area contributed by atoms with Crippen molar-refractivity contribution in [3.05, 3.63) is 38.3 Å². The molecule has 0 unspecified atom stereocenters. The minimum Gasteiger partial charge on any atom is -0.393 e. The van der Waals surface area contributed by atoms with E-state index in [0.717, 1.165) is 5.69 Å². The number of aromatic amines is 1. The zero-order valence-electron chi connectivity index (χ0n) is 14.4. The maximum absolute atomic E-state index is 12.2. The van der Waals surface area contributed by atoms with Gasteiger partial charge in [-0.3, -0.25) is 19.0 Å². The van der Waals surface area contributed by atoms with Gasteiger partial charge in [0.25, 0.3) is 5.56 Å². The van der Waals surface area contributed by atoms with Gasteiger partial charge in [0.1, 0.15) is 6.10 Å². The number of aryl methyl sites for hydroxylation is 2. The van der Waals surface area contributed by atoms with Gasteiger partial charge in [0.15, 0.2) is 11.2 Å². The number of imidazole rings is 1. The summed E-state index contributed by atoms with van der Waals surface area (Å²) in [5, 5.41) is 23.2. The van der Waals surface area contributed by atoms with Gasteiger partial charge < -0.3 is 19.7 Å². The highest BCUT2D eigenvalue weighted by Gasteiger charge is 2.25. The summed E-state index contributed by atoms with van der Waals surface area (Å²) in [5.74, 6) is 0.573. The number of fused-ring (bicyclic) bond motifs is 2. The van der Waals surface area contributed by atoms with E-state index < -0.39 is 17.4 Å². The molecular formula is C15H19N7O4. The number of anilines is 1. The Labute approximate surface area is 146 Å². The fourth-order valence-corrected chi connectivity index (χ4v) is 3.30. The molecule has 4 heterocycles. The summed E-state index contributed by atoms with van der Waals surface area (Å²) < 4.78 is 4.77. The Kier molecular flexibility index (Phi) is 3.70. The molecule has 1 atom stereocenters. The highest BCUT2D eigenvalue weighted by atomic mass is 16.3. The highest BCUT2D eigenvalue weighted by Crippen LogP contribution is 2.24. The molecule has 0 fully saturated rings. The maximum Gasteiger partial charge on any atom is 0.329 e. The summed E-state index contributed by atoms with van der Waals surface area (Å²) in [6.07, 6.45) is -1.01. The van der Waals surface area contributed by atoms with E-state index in [-0.39, 0.29) is 6.61 Å². The summed E-state index contributed by atoms with van der Waals surface area (Å²) in [7, 11) is 3.29. The minimum absolute atomic E-state index is 0.326. The summed E-state index contributed by atoms with van der Waals surface area (Å²) in [5.41, 5.74) is 0.970. The van der Waals surface area contributed by atoms with Crippen molar-refractivity contribution in [1.29, 1.82) is 0 Å². The van der Waals surface area contributed by atoms with Gasteiger partial charge in [0, 0.05) is 20.6 Å². The van der Waals surface area contributed by atoms with E-state index in [2.05, 4.69) is 15.1 Å². The largest absolute Gasteiger partial charge is 0.393 e. The summed E-state index contributed by atoms with van der Waals surface area (Å²) in [6.45, 7) is 1.27. The molecule has 1 aliphatic heterocycles. The van der Waals surface area contributed by atoms with E-state index in [4.69, 9.17) is 5.11 Å². The van der Waals surface area contributed by atoms with Gasteiger partial charge in [0.05, 0.1) is 31.1 Å². The van der Waals surface area contributed by atoms with E-state index in [1.54, 1.807) is 29.4 Å². The van der Waals surface area contributed by atoms with Crippen molar-refractivity contribution in [3.63, 3.8) is 0 Å². The fourth-order valence-electron chi connectivity index (χ4n) is 3.30. The lowest BCUT2D eigenvalue weighted by Gasteiger charge is -2.28. The molecular weight excluding hydrogens is 342 g/mol. The Morgan fingerprint density at radius 2 is 2.04 bits per heavy atom. The Morgan fingerprint density at radius 1 is 1.27 bits per heavy atom. The summed E-state index contributed by atoms with van der Waals surface area (Å²) in [6, 6.07) is 1.75. The Bertz CT molecular complexity index is 1110. The molecule has 0 spiro atoms. The van der Waals surface area contributed by atoms with Crippen molar-refractivity contribution < 1.29 is 10.2 Å². The maximum atomic E-state index is 12.2. The van der Waals surface area contributed by atoms with Crippen LogP contribution in [-0.2, 0) is 27.2 Å². The van der Waals surface area contributed by atoms with Crippen LogP contribution in [0.25, 0.3) is 11.2 Å². The standard InChI is InChI=1S/C15H19N7O4/c1-19-11-12(20(2)15(26)17-13(11)25)16-14(19)21-3-4-22-8(6-21)5-9(18-22)10(24)7-23/h5,10,23-24H,3-4,6-7H2,1-2H3,(H,17,25,26)/t10-/m1/s1. The summed E-state index contributed by atoms with van der Waals surface area (Å²) >= 11 is 0. The molecule has 4 rings (SSSR count). The lowest BCUT2D eigenvalue weighted by Crippen LogP contribution is -2.35. The lowest BCUT2D eigenvalue weighted by atomic mass is 10.2. The predicted molar refractivity (Wildman–Crippen MR) is 91.9 cm³/mol. The van der Waals surface area contributed by atoms with Crippen molar-refractivity contribution >= 4 is 17.1 Å². The zero-order valence-corrected chi connectivity index (χ0v) is 14.4. The molecule has 0 aromatic carbocycles. The number of aliphatic hydroxyl groups is 2. The second-order valence-corrected chi connectivity index (χ2v) is 6.36. The van der Waals surface area contributed by atoms with E-state index in [9.17, 15) is 14.7 Å². The molecule has 3 aromatic heterocycles. The Morgan fingerprint density at radius 3 is 2.77 bits per heavy atom. The molecule has 0 aliphatic carbocycles. The van der Waals surface area contributed by atoms with Gasteiger partial charge in [-0.1, -0.05) is 0 Å². The second-order valence-electron chi connectivity index (χ2n) is 6.36. The topological polar surface area (TPSA) is 134 Å². The van der Waals surface area contributed by atoms with Crippen LogP contribution in [0, 0.1) is 0 Å². The smallest absolute Gasteiger partial charge is 0.329 e. The average Bonchev–Trinajstić information content (AvgIpc) is 3.20. The van der Waals surface area contributed by atoms with Crippen molar-refractivity contribution in [2.75, 3.05) is 18.1 Å². The van der Waals surface area contributed by atoms with Gasteiger partial charge in [-0.25, -0.2) is 4.79 Å². The third-order valence-corrected chi connectivity index (χ3v) is 4.72. The molecule has 0 amide bonds. The number of nitrogens with zero attached hydrogens (tertiary/aromatic N) is 6. The first kappa shape index (κ1) is 16.5. The monoisotopic (exact) mass is 361 g/mol. The Balaban J connectivity index is 1.76. The van der Waals surface area contributed by atoms with Gasteiger partial charge in [-0.15, -0.1) is 0 Å². The van der Waals surface area contributed by atoms with E-state index in [1.165, 1.54) is 4.57 Å². The van der Waals surface area contributed by atoms with Gasteiger partial charge in [0.2, 0.25) is 5.95 Å². The minimum atomic E-state index is -1.01. The molecule has 11 heteroatoms. The molecule has 0 radical (unpaired) electrons. The van der Waals surface area contributed by atoms with Crippen molar-refractivity contribution in [2.45, 2.75) is 19.2 Å². The fraction of sp³-hybridized carbons (Fsp3) is 0.467. The van der Waals surface area contributed by atoms with Crippen molar-refractivity contribution in [3.8, 4) is 0 Å². The number of H-pyrrole nitrogens is 1. The first-order chi connectivity index (χ1) is 12.4. The van der Waals surface area contributed by atoms with Crippen LogP contribution in [0.1, 0.15) is 17.5 Å². The predicted octanol–water partition coefficient (Wildman–Crippen LogP) is -1.80. The van der Waals surface area contributed by atoms with Gasteiger partial charge in [-0.05, 0) is 6.07 Å². The molecule has 0 bridgehead atoms. The Hall–Kier alpha value is -2.92. The second kappa shape index (κ2) is 5.81. The molecule has 1 aliphatic rings. The van der Waals surface area contributed by atoms with Crippen LogP contribution in [0.4, 0.5) is 5.95 Å². The normalized spacial score (nSPS) is 15.5.